The van der Waals surface area contributed by atoms with Crippen molar-refractivity contribution in [3.63, 3.8) is 0 Å². The van der Waals surface area contributed by atoms with Crippen molar-refractivity contribution in [2.75, 3.05) is 18.9 Å². The van der Waals surface area contributed by atoms with Crippen LogP contribution in [0.1, 0.15) is 24.8 Å². The van der Waals surface area contributed by atoms with Crippen LogP contribution in [0.5, 0.6) is 0 Å². The van der Waals surface area contributed by atoms with E-state index < -0.39 is 0 Å². The molecule has 17 heavy (non-hydrogen) atoms. The van der Waals surface area contributed by atoms with Gasteiger partial charge in [-0.1, -0.05) is 15.9 Å². The highest BCUT2D eigenvalue weighted by Gasteiger charge is 2.13. The van der Waals surface area contributed by atoms with Crippen LogP contribution < -0.4 is 11.1 Å². The molecule has 1 saturated heterocycles. The van der Waals surface area contributed by atoms with Crippen LogP contribution in [0.3, 0.4) is 0 Å². The maximum atomic E-state index is 5.77. The summed E-state index contributed by atoms with van der Waals surface area (Å²) in [6, 6.07) is 5.89. The molecule has 1 unspecified atom stereocenters. The van der Waals surface area contributed by atoms with Gasteiger partial charge in [-0.3, -0.25) is 0 Å². The number of hydrogen-bond donors (Lipinski definition) is 2. The van der Waals surface area contributed by atoms with Gasteiger partial charge in [-0.25, -0.2) is 0 Å². The Hall–Kier alpha value is -0.580. The van der Waals surface area contributed by atoms with E-state index in [1.54, 1.807) is 0 Å². The summed E-state index contributed by atoms with van der Waals surface area (Å²) in [4.78, 5) is 0. The minimum absolute atomic E-state index is 0.378. The van der Waals surface area contributed by atoms with Gasteiger partial charge in [0.05, 0.1) is 6.10 Å². The molecule has 0 saturated carbocycles. The molecule has 0 spiro atoms. The number of benzene rings is 1. The molecule has 0 bridgehead atoms. The summed E-state index contributed by atoms with van der Waals surface area (Å²) in [5, 5.41) is 3.43. The van der Waals surface area contributed by atoms with E-state index >= 15 is 0 Å². The summed E-state index contributed by atoms with van der Waals surface area (Å²) < 4.78 is 6.77. The average molecular weight is 299 g/mol. The molecule has 1 heterocycles. The molecule has 1 aliphatic rings. The maximum Gasteiger partial charge on any atom is 0.0699 e. The number of ether oxygens (including phenoxy) is 1. The number of nitrogen functional groups attached to an aromatic ring is 1. The van der Waals surface area contributed by atoms with E-state index in [0.717, 1.165) is 29.9 Å². The van der Waals surface area contributed by atoms with Gasteiger partial charge in [0, 0.05) is 29.9 Å². The molecule has 1 fully saturated rings. The first-order valence-corrected chi connectivity index (χ1v) is 6.91. The van der Waals surface area contributed by atoms with Gasteiger partial charge < -0.3 is 15.8 Å². The Morgan fingerprint density at radius 2 is 2.29 bits per heavy atom. The minimum Gasteiger partial charge on any atom is -0.399 e. The zero-order valence-electron chi connectivity index (χ0n) is 9.92. The normalized spacial score (nSPS) is 20.4. The van der Waals surface area contributed by atoms with Crippen LogP contribution in [0.25, 0.3) is 0 Å². The van der Waals surface area contributed by atoms with Crippen molar-refractivity contribution in [1.29, 1.82) is 0 Å². The predicted octanol–water partition coefficient (Wildman–Crippen LogP) is 2.69. The van der Waals surface area contributed by atoms with E-state index in [-0.39, 0.29) is 0 Å². The second-order valence-electron chi connectivity index (χ2n) is 4.47. The van der Waals surface area contributed by atoms with E-state index in [1.165, 1.54) is 24.8 Å². The van der Waals surface area contributed by atoms with Crippen molar-refractivity contribution in [2.45, 2.75) is 31.9 Å². The Bertz CT molecular complexity index is 364. The molecule has 0 amide bonds. The maximum absolute atomic E-state index is 5.77. The first-order valence-electron chi connectivity index (χ1n) is 6.12. The van der Waals surface area contributed by atoms with Crippen LogP contribution in [-0.2, 0) is 11.3 Å². The van der Waals surface area contributed by atoms with Gasteiger partial charge in [0.15, 0.2) is 0 Å². The average Bonchev–Trinajstić information content (AvgIpc) is 2.35. The number of anilines is 1. The van der Waals surface area contributed by atoms with Crippen LogP contribution in [-0.4, -0.2) is 19.3 Å². The van der Waals surface area contributed by atoms with Crippen LogP contribution >= 0.6 is 15.9 Å². The standard InChI is InChI=1S/C13H19BrN2O/c14-13-5-4-11(15)7-10(13)8-16-9-12-3-1-2-6-17-12/h4-5,7,12,16H,1-3,6,8-9,15H2. The highest BCUT2D eigenvalue weighted by Crippen LogP contribution is 2.19. The van der Waals surface area contributed by atoms with Crippen molar-refractivity contribution in [1.82, 2.24) is 5.32 Å². The Morgan fingerprint density at radius 1 is 1.41 bits per heavy atom. The third-order valence-corrected chi connectivity index (χ3v) is 3.80. The molecule has 2 rings (SSSR count). The third kappa shape index (κ3) is 3.98. The van der Waals surface area contributed by atoms with E-state index in [9.17, 15) is 0 Å². The fourth-order valence-corrected chi connectivity index (χ4v) is 2.45. The molecule has 4 heteroatoms. The van der Waals surface area contributed by atoms with Gasteiger partial charge >= 0.3 is 0 Å². The number of nitrogens with one attached hydrogen (secondary N) is 1. The lowest BCUT2D eigenvalue weighted by Crippen LogP contribution is -2.31. The fraction of sp³-hybridized carbons (Fsp3) is 0.538. The fourth-order valence-electron chi connectivity index (χ4n) is 2.07. The molecular weight excluding hydrogens is 280 g/mol. The molecule has 1 aromatic carbocycles. The first-order chi connectivity index (χ1) is 8.25. The summed E-state index contributed by atoms with van der Waals surface area (Å²) in [5.74, 6) is 0. The second-order valence-corrected chi connectivity index (χ2v) is 5.32. The molecule has 3 nitrogen and oxygen atoms in total. The number of rotatable bonds is 4. The van der Waals surface area contributed by atoms with E-state index in [1.807, 2.05) is 18.2 Å². The largest absolute Gasteiger partial charge is 0.399 e. The number of halogens is 1. The Labute approximate surface area is 111 Å². The van der Waals surface area contributed by atoms with Crippen molar-refractivity contribution in [2.24, 2.45) is 0 Å². The molecule has 0 aromatic heterocycles. The van der Waals surface area contributed by atoms with Crippen LogP contribution in [0.4, 0.5) is 5.69 Å². The molecule has 1 aliphatic heterocycles. The lowest BCUT2D eigenvalue weighted by Gasteiger charge is -2.23. The third-order valence-electron chi connectivity index (χ3n) is 3.03. The summed E-state index contributed by atoms with van der Waals surface area (Å²) in [6.07, 6.45) is 4.04. The second kappa shape index (κ2) is 6.38. The van der Waals surface area contributed by atoms with E-state index in [4.69, 9.17) is 10.5 Å². The van der Waals surface area contributed by atoms with Gasteiger partial charge in [-0.2, -0.15) is 0 Å². The summed E-state index contributed by atoms with van der Waals surface area (Å²) in [7, 11) is 0. The Kier molecular flexibility index (Phi) is 4.83. The van der Waals surface area contributed by atoms with E-state index in [2.05, 4.69) is 21.2 Å². The predicted molar refractivity (Wildman–Crippen MR) is 73.9 cm³/mol. The van der Waals surface area contributed by atoms with Crippen LogP contribution in [0, 0.1) is 0 Å². The van der Waals surface area contributed by atoms with Crippen LogP contribution in [0.15, 0.2) is 22.7 Å². The minimum atomic E-state index is 0.378. The topological polar surface area (TPSA) is 47.3 Å². The molecule has 94 valence electrons. The zero-order valence-corrected chi connectivity index (χ0v) is 11.5. The summed E-state index contributed by atoms with van der Waals surface area (Å²) in [5.41, 5.74) is 7.77. The lowest BCUT2D eigenvalue weighted by atomic mass is 10.1. The molecule has 1 atom stereocenters. The molecule has 1 aromatic rings. The summed E-state index contributed by atoms with van der Waals surface area (Å²) in [6.45, 7) is 2.65. The molecule has 0 radical (unpaired) electrons. The molecular formula is C13H19BrN2O. The smallest absolute Gasteiger partial charge is 0.0699 e. The molecule has 0 aliphatic carbocycles. The number of nitrogens with two attached hydrogens (primary N) is 1. The van der Waals surface area contributed by atoms with Gasteiger partial charge in [-0.05, 0) is 43.0 Å². The van der Waals surface area contributed by atoms with Crippen molar-refractivity contribution in [3.05, 3.63) is 28.2 Å². The van der Waals surface area contributed by atoms with Gasteiger partial charge in [0.2, 0.25) is 0 Å². The highest BCUT2D eigenvalue weighted by atomic mass is 79.9. The monoisotopic (exact) mass is 298 g/mol. The lowest BCUT2D eigenvalue weighted by molar-refractivity contribution is 0.0168. The van der Waals surface area contributed by atoms with Crippen molar-refractivity contribution >= 4 is 21.6 Å². The van der Waals surface area contributed by atoms with Crippen molar-refractivity contribution in [3.8, 4) is 0 Å². The summed E-state index contributed by atoms with van der Waals surface area (Å²) >= 11 is 3.53. The quantitative estimate of drug-likeness (QED) is 0.840. The van der Waals surface area contributed by atoms with E-state index in [0.29, 0.717) is 6.10 Å². The Balaban J connectivity index is 1.79. The Morgan fingerprint density at radius 3 is 3.06 bits per heavy atom. The van der Waals surface area contributed by atoms with Crippen LogP contribution in [0.2, 0.25) is 0 Å². The van der Waals surface area contributed by atoms with Gasteiger partial charge in [-0.15, -0.1) is 0 Å². The van der Waals surface area contributed by atoms with Gasteiger partial charge in [0.1, 0.15) is 0 Å². The van der Waals surface area contributed by atoms with Crippen molar-refractivity contribution < 1.29 is 4.74 Å². The van der Waals surface area contributed by atoms with Gasteiger partial charge in [0.25, 0.3) is 0 Å². The first kappa shape index (κ1) is 12.9. The number of hydrogen-bond acceptors (Lipinski definition) is 3. The SMILES string of the molecule is Nc1ccc(Br)c(CNCC2CCCCO2)c1. The highest BCUT2D eigenvalue weighted by molar-refractivity contribution is 9.10. The zero-order chi connectivity index (χ0) is 12.1. The molecule has 3 N–H and O–H groups in total.